The maximum absolute atomic E-state index is 12.3. The van der Waals surface area contributed by atoms with Crippen LogP contribution in [0.3, 0.4) is 0 Å². The average molecular weight is 514 g/mol. The van der Waals surface area contributed by atoms with E-state index in [0.717, 1.165) is 0 Å². The molecule has 0 aromatic heterocycles. The van der Waals surface area contributed by atoms with Crippen molar-refractivity contribution in [1.29, 1.82) is 0 Å². The number of nitrogens with two attached hydrogens (primary N) is 1. The Balaban J connectivity index is 2.69. The van der Waals surface area contributed by atoms with Crippen molar-refractivity contribution in [3.8, 4) is 11.5 Å². The predicted octanol–water partition coefficient (Wildman–Crippen LogP) is 3.76. The molecule has 0 bridgehead atoms. The first-order chi connectivity index (χ1) is 17.0. The molecule has 12 heteroatoms. The van der Waals surface area contributed by atoms with Crippen molar-refractivity contribution < 1.29 is 52.3 Å². The van der Waals surface area contributed by atoms with Crippen LogP contribution in [0.2, 0.25) is 0 Å². The van der Waals surface area contributed by atoms with E-state index >= 15 is 0 Å². The molecule has 0 fully saturated rings. The van der Waals surface area contributed by atoms with Crippen molar-refractivity contribution in [3.05, 3.63) is 23.8 Å². The third kappa shape index (κ3) is 12.2. The van der Waals surface area contributed by atoms with E-state index in [1.54, 1.807) is 20.8 Å². The second-order valence-corrected chi connectivity index (χ2v) is 8.00. The molecule has 1 aromatic carbocycles. The summed E-state index contributed by atoms with van der Waals surface area (Å²) in [5.74, 6) is -0.574. The molecule has 12 nitrogen and oxygen atoms in total. The zero-order valence-electron chi connectivity index (χ0n) is 21.3. The zero-order chi connectivity index (χ0) is 27.1. The van der Waals surface area contributed by atoms with Crippen LogP contribution in [-0.4, -0.2) is 63.0 Å². The Hall–Kier alpha value is -3.54. The number of carbonyl (C=O) groups is 4. The smallest absolute Gasteiger partial charge is 0.461 e. The first kappa shape index (κ1) is 30.5. The lowest BCUT2D eigenvalue weighted by Gasteiger charge is -2.16. The first-order valence-corrected chi connectivity index (χ1v) is 11.6. The van der Waals surface area contributed by atoms with Crippen molar-refractivity contribution in [3.63, 3.8) is 0 Å². The van der Waals surface area contributed by atoms with Crippen LogP contribution in [0.15, 0.2) is 18.2 Å². The van der Waals surface area contributed by atoms with Crippen molar-refractivity contribution in [2.45, 2.75) is 59.6 Å². The van der Waals surface area contributed by atoms with Gasteiger partial charge < -0.3 is 38.9 Å². The Labute approximate surface area is 210 Å². The molecule has 1 aromatic rings. The number of carbonyl (C=O) groups excluding carboxylic acids is 4. The molecule has 36 heavy (non-hydrogen) atoms. The van der Waals surface area contributed by atoms with Crippen molar-refractivity contribution in [2.75, 3.05) is 26.4 Å². The van der Waals surface area contributed by atoms with Gasteiger partial charge in [-0.15, -0.1) is 0 Å². The van der Waals surface area contributed by atoms with Crippen LogP contribution < -0.4 is 15.2 Å². The van der Waals surface area contributed by atoms with Gasteiger partial charge in [0.2, 0.25) is 0 Å². The standard InChI is InChI=1S/C24H35NO11/c1-6-30-22(27)35-19-9-8-17(13-20(19)36-23(28)31-7-2)12-18(25)21(26)33-14-16(5)34-24(29)32-11-10-15(3)4/h8-9,13,15-16,18H,6-7,10-12,14,25H2,1-5H3/t16-,18-/m0/s1. The molecular formula is C24H35NO11. The molecule has 2 N–H and O–H groups in total. The Bertz CT molecular complexity index is 872. The number of rotatable bonds is 13. The summed E-state index contributed by atoms with van der Waals surface area (Å²) >= 11 is 0. The Kier molecular flexibility index (Phi) is 13.7. The molecule has 0 aliphatic carbocycles. The fourth-order valence-electron chi connectivity index (χ4n) is 2.57. The van der Waals surface area contributed by atoms with Gasteiger partial charge in [0, 0.05) is 0 Å². The van der Waals surface area contributed by atoms with Gasteiger partial charge in [-0.1, -0.05) is 19.9 Å². The zero-order valence-corrected chi connectivity index (χ0v) is 21.3. The van der Waals surface area contributed by atoms with E-state index < -0.39 is 36.6 Å². The van der Waals surface area contributed by atoms with Crippen molar-refractivity contribution in [1.82, 2.24) is 0 Å². The molecule has 0 unspecified atom stereocenters. The molecule has 0 aliphatic rings. The lowest BCUT2D eigenvalue weighted by Crippen LogP contribution is -2.36. The van der Waals surface area contributed by atoms with Gasteiger partial charge in [0.05, 0.1) is 19.8 Å². The highest BCUT2D eigenvalue weighted by molar-refractivity contribution is 5.76. The molecule has 0 spiro atoms. The van der Waals surface area contributed by atoms with Gasteiger partial charge in [-0.3, -0.25) is 4.79 Å². The van der Waals surface area contributed by atoms with Gasteiger partial charge >= 0.3 is 24.4 Å². The van der Waals surface area contributed by atoms with E-state index in [1.165, 1.54) is 18.2 Å². The minimum atomic E-state index is -1.08. The highest BCUT2D eigenvalue weighted by atomic mass is 16.7. The molecule has 202 valence electrons. The summed E-state index contributed by atoms with van der Waals surface area (Å²) in [4.78, 5) is 47.4. The van der Waals surface area contributed by atoms with E-state index in [4.69, 9.17) is 38.9 Å². The van der Waals surface area contributed by atoms with Crippen LogP contribution >= 0.6 is 0 Å². The normalized spacial score (nSPS) is 12.2. The SMILES string of the molecule is CCOC(=O)Oc1ccc(C[C@H](N)C(=O)OC[C@H](C)OC(=O)OCCC(C)C)cc1OC(=O)OCC. The number of benzene rings is 1. The summed E-state index contributed by atoms with van der Waals surface area (Å²) in [6.45, 7) is 8.93. The summed E-state index contributed by atoms with van der Waals surface area (Å²) in [6.07, 6.45) is -2.87. The number of hydrogen-bond donors (Lipinski definition) is 1. The minimum absolute atomic E-state index is 0.00415. The summed E-state index contributed by atoms with van der Waals surface area (Å²) in [7, 11) is 0. The van der Waals surface area contributed by atoms with Crippen LogP contribution in [0.1, 0.15) is 46.6 Å². The largest absolute Gasteiger partial charge is 0.513 e. The third-order valence-corrected chi connectivity index (χ3v) is 4.35. The van der Waals surface area contributed by atoms with Gasteiger partial charge in [0.15, 0.2) is 11.5 Å². The fourth-order valence-corrected chi connectivity index (χ4v) is 2.57. The monoisotopic (exact) mass is 513 g/mol. The molecule has 2 atom stereocenters. The van der Waals surface area contributed by atoms with E-state index in [0.29, 0.717) is 17.9 Å². The molecule has 0 amide bonds. The van der Waals surface area contributed by atoms with Crippen LogP contribution in [0.25, 0.3) is 0 Å². The van der Waals surface area contributed by atoms with Crippen LogP contribution in [0.5, 0.6) is 11.5 Å². The van der Waals surface area contributed by atoms with Crippen LogP contribution in [0.4, 0.5) is 14.4 Å². The number of hydrogen-bond acceptors (Lipinski definition) is 12. The molecule has 0 radical (unpaired) electrons. The van der Waals surface area contributed by atoms with Gasteiger partial charge in [-0.2, -0.15) is 0 Å². The molecular weight excluding hydrogens is 478 g/mol. The highest BCUT2D eigenvalue weighted by Crippen LogP contribution is 2.30. The molecule has 0 saturated carbocycles. The van der Waals surface area contributed by atoms with Gasteiger partial charge in [-0.25, -0.2) is 14.4 Å². The van der Waals surface area contributed by atoms with Gasteiger partial charge in [-0.05, 0) is 57.2 Å². The Morgan fingerprint density at radius 3 is 2.03 bits per heavy atom. The summed E-state index contributed by atoms with van der Waals surface area (Å²) < 4.78 is 34.7. The topological polar surface area (TPSA) is 159 Å². The maximum Gasteiger partial charge on any atom is 0.513 e. The van der Waals surface area contributed by atoms with Crippen LogP contribution in [0, 0.1) is 5.92 Å². The number of esters is 1. The summed E-state index contributed by atoms with van der Waals surface area (Å²) in [5, 5.41) is 0. The summed E-state index contributed by atoms with van der Waals surface area (Å²) in [5.41, 5.74) is 6.42. The average Bonchev–Trinajstić information content (AvgIpc) is 2.79. The number of ether oxygens (including phenoxy) is 7. The second kappa shape index (κ2) is 16.2. The Morgan fingerprint density at radius 2 is 1.44 bits per heavy atom. The van der Waals surface area contributed by atoms with E-state index in [9.17, 15) is 19.2 Å². The lowest BCUT2D eigenvalue weighted by molar-refractivity contribution is -0.148. The molecule has 1 rings (SSSR count). The van der Waals surface area contributed by atoms with Gasteiger partial charge in [0.25, 0.3) is 0 Å². The fraction of sp³-hybridized carbons (Fsp3) is 0.583. The maximum atomic E-state index is 12.3. The molecule has 0 aliphatic heterocycles. The summed E-state index contributed by atoms with van der Waals surface area (Å²) in [6, 6.07) is 3.18. The molecule has 0 saturated heterocycles. The first-order valence-electron chi connectivity index (χ1n) is 11.6. The van der Waals surface area contributed by atoms with Crippen molar-refractivity contribution in [2.24, 2.45) is 11.7 Å². The third-order valence-electron chi connectivity index (χ3n) is 4.35. The lowest BCUT2D eigenvalue weighted by atomic mass is 10.1. The predicted molar refractivity (Wildman–Crippen MR) is 126 cm³/mol. The quantitative estimate of drug-likeness (QED) is 0.231. The van der Waals surface area contributed by atoms with E-state index in [2.05, 4.69) is 0 Å². The highest BCUT2D eigenvalue weighted by Gasteiger charge is 2.21. The van der Waals surface area contributed by atoms with E-state index in [1.807, 2.05) is 13.8 Å². The van der Waals surface area contributed by atoms with Crippen molar-refractivity contribution >= 4 is 24.4 Å². The second-order valence-electron chi connectivity index (χ2n) is 8.00. The van der Waals surface area contributed by atoms with Crippen LogP contribution in [-0.2, 0) is 34.9 Å². The minimum Gasteiger partial charge on any atom is -0.461 e. The van der Waals surface area contributed by atoms with Gasteiger partial charge in [0.1, 0.15) is 18.8 Å². The Morgan fingerprint density at radius 1 is 0.833 bits per heavy atom. The molecule has 0 heterocycles. The van der Waals surface area contributed by atoms with E-state index in [-0.39, 0.29) is 44.3 Å².